The summed E-state index contributed by atoms with van der Waals surface area (Å²) in [6, 6.07) is 9.70. The number of anilines is 3. The van der Waals surface area contributed by atoms with Gasteiger partial charge in [0, 0.05) is 18.0 Å². The number of nitrogen functional groups attached to an aromatic ring is 1. The monoisotopic (exact) mass is 257 g/mol. The smallest absolute Gasteiger partial charge is 0.121 e. The Labute approximate surface area is 113 Å². The Morgan fingerprint density at radius 2 is 2.11 bits per heavy atom. The standard InChI is InChI=1S/C15H19N3O/c1-3-11(2)19-15-6-4-5-13(8-15)18-14-7-12(16)9-17-10-14/h4-11,18H,3,16H2,1-2H3. The van der Waals surface area contributed by atoms with Crippen LogP contribution >= 0.6 is 0 Å². The summed E-state index contributed by atoms with van der Waals surface area (Å²) < 4.78 is 5.79. The van der Waals surface area contributed by atoms with E-state index in [-0.39, 0.29) is 6.10 Å². The van der Waals surface area contributed by atoms with E-state index in [9.17, 15) is 0 Å². The molecule has 1 aromatic heterocycles. The molecule has 4 nitrogen and oxygen atoms in total. The molecule has 0 aliphatic heterocycles. The number of pyridine rings is 1. The summed E-state index contributed by atoms with van der Waals surface area (Å²) in [5.41, 5.74) is 8.15. The molecule has 19 heavy (non-hydrogen) atoms. The lowest BCUT2D eigenvalue weighted by molar-refractivity contribution is 0.217. The summed E-state index contributed by atoms with van der Waals surface area (Å²) in [5, 5.41) is 3.25. The molecule has 3 N–H and O–H groups in total. The van der Waals surface area contributed by atoms with Crippen molar-refractivity contribution >= 4 is 17.1 Å². The molecule has 0 amide bonds. The topological polar surface area (TPSA) is 60.2 Å². The second kappa shape index (κ2) is 6.09. The van der Waals surface area contributed by atoms with E-state index >= 15 is 0 Å². The van der Waals surface area contributed by atoms with Gasteiger partial charge in [-0.2, -0.15) is 0 Å². The van der Waals surface area contributed by atoms with Gasteiger partial charge in [0.05, 0.1) is 23.7 Å². The SMILES string of the molecule is CCC(C)Oc1cccc(Nc2cncc(N)c2)c1. The predicted octanol–water partition coefficient (Wildman–Crippen LogP) is 3.58. The maximum absolute atomic E-state index is 5.79. The maximum Gasteiger partial charge on any atom is 0.121 e. The van der Waals surface area contributed by atoms with Gasteiger partial charge in [0.25, 0.3) is 0 Å². The van der Waals surface area contributed by atoms with E-state index in [0.29, 0.717) is 5.69 Å². The molecule has 0 saturated heterocycles. The molecule has 2 aromatic rings. The minimum Gasteiger partial charge on any atom is -0.491 e. The first kappa shape index (κ1) is 13.2. The third-order valence-corrected chi connectivity index (χ3v) is 2.79. The lowest BCUT2D eigenvalue weighted by Gasteiger charge is -2.14. The highest BCUT2D eigenvalue weighted by Crippen LogP contribution is 2.23. The molecule has 1 aromatic carbocycles. The van der Waals surface area contributed by atoms with Crippen molar-refractivity contribution in [2.75, 3.05) is 11.1 Å². The van der Waals surface area contributed by atoms with E-state index < -0.39 is 0 Å². The van der Waals surface area contributed by atoms with Gasteiger partial charge < -0.3 is 15.8 Å². The van der Waals surface area contributed by atoms with Crippen LogP contribution in [0.25, 0.3) is 0 Å². The molecule has 4 heteroatoms. The summed E-state index contributed by atoms with van der Waals surface area (Å²) in [4.78, 5) is 4.05. The van der Waals surface area contributed by atoms with Crippen LogP contribution in [0.1, 0.15) is 20.3 Å². The van der Waals surface area contributed by atoms with Crippen LogP contribution < -0.4 is 15.8 Å². The summed E-state index contributed by atoms with van der Waals surface area (Å²) in [5.74, 6) is 0.858. The molecule has 1 unspecified atom stereocenters. The number of benzene rings is 1. The van der Waals surface area contributed by atoms with Gasteiger partial charge >= 0.3 is 0 Å². The zero-order valence-electron chi connectivity index (χ0n) is 11.3. The second-order valence-corrected chi connectivity index (χ2v) is 4.50. The van der Waals surface area contributed by atoms with Crippen LogP contribution in [-0.4, -0.2) is 11.1 Å². The quantitative estimate of drug-likeness (QED) is 0.859. The molecule has 0 bridgehead atoms. The first-order valence-corrected chi connectivity index (χ1v) is 6.41. The molecule has 0 spiro atoms. The average molecular weight is 257 g/mol. The molecular weight excluding hydrogens is 238 g/mol. The Balaban J connectivity index is 2.10. The van der Waals surface area contributed by atoms with Crippen LogP contribution in [0.5, 0.6) is 5.75 Å². The van der Waals surface area contributed by atoms with Crippen LogP contribution in [0.15, 0.2) is 42.7 Å². The zero-order valence-corrected chi connectivity index (χ0v) is 11.3. The molecule has 0 saturated carbocycles. The molecule has 2 rings (SSSR count). The van der Waals surface area contributed by atoms with E-state index in [1.165, 1.54) is 0 Å². The third-order valence-electron chi connectivity index (χ3n) is 2.79. The minimum atomic E-state index is 0.212. The zero-order chi connectivity index (χ0) is 13.7. The lowest BCUT2D eigenvalue weighted by atomic mass is 10.2. The first-order chi connectivity index (χ1) is 9.17. The van der Waals surface area contributed by atoms with Crippen molar-refractivity contribution in [2.24, 2.45) is 0 Å². The van der Waals surface area contributed by atoms with Gasteiger partial charge in [0.1, 0.15) is 5.75 Å². The van der Waals surface area contributed by atoms with Crippen molar-refractivity contribution in [1.82, 2.24) is 4.98 Å². The van der Waals surface area contributed by atoms with Crippen molar-refractivity contribution in [2.45, 2.75) is 26.4 Å². The summed E-state index contributed by atoms with van der Waals surface area (Å²) in [6.07, 6.45) is 4.55. The largest absolute Gasteiger partial charge is 0.491 e. The highest BCUT2D eigenvalue weighted by molar-refractivity contribution is 5.63. The lowest BCUT2D eigenvalue weighted by Crippen LogP contribution is -2.09. The van der Waals surface area contributed by atoms with E-state index in [0.717, 1.165) is 23.5 Å². The number of nitrogens with zero attached hydrogens (tertiary/aromatic N) is 1. The van der Waals surface area contributed by atoms with Crippen LogP contribution in [0.4, 0.5) is 17.1 Å². The van der Waals surface area contributed by atoms with Crippen LogP contribution in [0, 0.1) is 0 Å². The van der Waals surface area contributed by atoms with E-state index in [2.05, 4.69) is 24.1 Å². The molecule has 0 radical (unpaired) electrons. The van der Waals surface area contributed by atoms with Gasteiger partial charge in [-0.15, -0.1) is 0 Å². The van der Waals surface area contributed by atoms with Gasteiger partial charge in [-0.05, 0) is 31.5 Å². The van der Waals surface area contributed by atoms with Gasteiger partial charge in [-0.1, -0.05) is 13.0 Å². The van der Waals surface area contributed by atoms with Crippen molar-refractivity contribution in [3.63, 3.8) is 0 Å². The van der Waals surface area contributed by atoms with Crippen LogP contribution in [0.2, 0.25) is 0 Å². The fourth-order valence-electron chi connectivity index (χ4n) is 1.66. The van der Waals surface area contributed by atoms with Crippen molar-refractivity contribution in [3.8, 4) is 5.75 Å². The van der Waals surface area contributed by atoms with Gasteiger partial charge in [-0.3, -0.25) is 4.98 Å². The molecule has 0 aliphatic carbocycles. The number of hydrogen-bond donors (Lipinski definition) is 2. The minimum absolute atomic E-state index is 0.212. The fraction of sp³-hybridized carbons (Fsp3) is 0.267. The Morgan fingerprint density at radius 3 is 2.84 bits per heavy atom. The summed E-state index contributed by atoms with van der Waals surface area (Å²) >= 11 is 0. The summed E-state index contributed by atoms with van der Waals surface area (Å²) in [6.45, 7) is 4.16. The Bertz CT molecular complexity index is 542. The highest BCUT2D eigenvalue weighted by atomic mass is 16.5. The van der Waals surface area contributed by atoms with Gasteiger partial charge in [0.2, 0.25) is 0 Å². The average Bonchev–Trinajstić information content (AvgIpc) is 2.39. The van der Waals surface area contributed by atoms with Crippen molar-refractivity contribution in [1.29, 1.82) is 0 Å². The Kier molecular flexibility index (Phi) is 4.23. The molecule has 1 atom stereocenters. The van der Waals surface area contributed by atoms with E-state index in [4.69, 9.17) is 10.5 Å². The number of nitrogens with one attached hydrogen (secondary N) is 1. The number of ether oxygens (including phenoxy) is 1. The first-order valence-electron chi connectivity index (χ1n) is 6.41. The predicted molar refractivity (Wildman–Crippen MR) is 78.8 cm³/mol. The van der Waals surface area contributed by atoms with Crippen molar-refractivity contribution in [3.05, 3.63) is 42.7 Å². The fourth-order valence-corrected chi connectivity index (χ4v) is 1.66. The van der Waals surface area contributed by atoms with Crippen LogP contribution in [-0.2, 0) is 0 Å². The second-order valence-electron chi connectivity index (χ2n) is 4.50. The van der Waals surface area contributed by atoms with Crippen molar-refractivity contribution < 1.29 is 4.74 Å². The molecule has 1 heterocycles. The van der Waals surface area contributed by atoms with E-state index in [1.807, 2.05) is 30.3 Å². The maximum atomic E-state index is 5.79. The highest BCUT2D eigenvalue weighted by Gasteiger charge is 2.02. The molecule has 0 fully saturated rings. The number of nitrogens with two attached hydrogens (primary N) is 1. The van der Waals surface area contributed by atoms with Crippen LogP contribution in [0.3, 0.4) is 0 Å². The molecule has 0 aliphatic rings. The number of rotatable bonds is 5. The molecule has 100 valence electrons. The van der Waals surface area contributed by atoms with E-state index in [1.54, 1.807) is 12.4 Å². The Hall–Kier alpha value is -2.23. The number of aromatic nitrogens is 1. The number of hydrogen-bond acceptors (Lipinski definition) is 4. The summed E-state index contributed by atoms with van der Waals surface area (Å²) in [7, 11) is 0. The van der Waals surface area contributed by atoms with Gasteiger partial charge in [0.15, 0.2) is 0 Å². The molecular formula is C15H19N3O. The normalized spacial score (nSPS) is 11.9. The Morgan fingerprint density at radius 1 is 1.26 bits per heavy atom. The van der Waals surface area contributed by atoms with Gasteiger partial charge in [-0.25, -0.2) is 0 Å². The third kappa shape index (κ3) is 3.88.